The Bertz CT molecular complexity index is 312. The van der Waals surface area contributed by atoms with Gasteiger partial charge >= 0.3 is 29.6 Å². The number of methoxy groups -OCH3 is 1. The maximum atomic E-state index is 10.9. The van der Waals surface area contributed by atoms with Crippen LogP contribution < -0.4 is 4.74 Å². The Kier molecular flexibility index (Phi) is 5.72. The first-order chi connectivity index (χ1) is 5.65. The van der Waals surface area contributed by atoms with E-state index in [2.05, 4.69) is 12.6 Å². The summed E-state index contributed by atoms with van der Waals surface area (Å²) < 4.78 is 5.01. The Labute approximate surface area is 105 Å². The molecule has 0 saturated heterocycles. The monoisotopic (exact) mass is 206 g/mol. The summed E-state index contributed by atoms with van der Waals surface area (Å²) in [5, 5.41) is 0. The molecule has 0 spiro atoms. The van der Waals surface area contributed by atoms with Gasteiger partial charge < -0.3 is 4.74 Å². The average Bonchev–Trinajstić information content (AvgIpc) is 2.05. The van der Waals surface area contributed by atoms with Crippen molar-refractivity contribution < 1.29 is 9.53 Å². The van der Waals surface area contributed by atoms with E-state index in [9.17, 15) is 4.79 Å². The first-order valence-electron chi connectivity index (χ1n) is 3.53. The van der Waals surface area contributed by atoms with Gasteiger partial charge in [-0.15, -0.1) is 12.6 Å². The number of ether oxygens (including phenoxy) is 1. The SMILES string of the molecule is COc1cc(C(C)=O)ccc1S.[NaH]. The number of ketones is 1. The number of hydrogen-bond acceptors (Lipinski definition) is 3. The summed E-state index contributed by atoms with van der Waals surface area (Å²) in [5.74, 6) is 0.660. The summed E-state index contributed by atoms with van der Waals surface area (Å²) in [6.45, 7) is 1.52. The zero-order chi connectivity index (χ0) is 9.14. The fraction of sp³-hybridized carbons (Fsp3) is 0.222. The molecule has 0 aliphatic rings. The van der Waals surface area contributed by atoms with Crippen LogP contribution in [-0.4, -0.2) is 42.5 Å². The number of hydrogen-bond donors (Lipinski definition) is 1. The molecule has 0 atom stereocenters. The molecule has 1 rings (SSSR count). The van der Waals surface area contributed by atoms with E-state index in [1.54, 1.807) is 25.3 Å². The normalized spacial score (nSPS) is 8.85. The van der Waals surface area contributed by atoms with Gasteiger partial charge in [0.2, 0.25) is 0 Å². The third kappa shape index (κ3) is 3.35. The molecular formula is C9H11NaO2S. The summed E-state index contributed by atoms with van der Waals surface area (Å²) >= 11 is 4.16. The molecule has 0 saturated carbocycles. The van der Waals surface area contributed by atoms with Crippen molar-refractivity contribution >= 4 is 48.0 Å². The molecule has 0 fully saturated rings. The Morgan fingerprint density at radius 3 is 2.54 bits per heavy atom. The molecule has 4 heteroatoms. The van der Waals surface area contributed by atoms with Gasteiger partial charge in [-0.25, -0.2) is 0 Å². The fourth-order valence-corrected chi connectivity index (χ4v) is 1.13. The third-order valence-electron chi connectivity index (χ3n) is 1.59. The minimum atomic E-state index is 0. The molecule has 0 N–H and O–H groups in total. The zero-order valence-electron chi connectivity index (χ0n) is 7.00. The van der Waals surface area contributed by atoms with Crippen molar-refractivity contribution in [1.82, 2.24) is 0 Å². The van der Waals surface area contributed by atoms with Crippen molar-refractivity contribution in [1.29, 1.82) is 0 Å². The van der Waals surface area contributed by atoms with E-state index in [0.717, 1.165) is 4.90 Å². The van der Waals surface area contributed by atoms with Crippen LogP contribution in [0.15, 0.2) is 23.1 Å². The molecule has 13 heavy (non-hydrogen) atoms. The molecule has 1 aromatic carbocycles. The molecular weight excluding hydrogens is 195 g/mol. The Hall–Kier alpha value is 0.0400. The van der Waals surface area contributed by atoms with Crippen molar-refractivity contribution in [2.45, 2.75) is 11.8 Å². The van der Waals surface area contributed by atoms with Gasteiger partial charge in [0, 0.05) is 10.5 Å². The van der Waals surface area contributed by atoms with Crippen LogP contribution >= 0.6 is 12.6 Å². The molecule has 0 unspecified atom stereocenters. The van der Waals surface area contributed by atoms with Gasteiger partial charge in [-0.1, -0.05) is 6.07 Å². The van der Waals surface area contributed by atoms with Crippen molar-refractivity contribution in [2.75, 3.05) is 7.11 Å². The number of Topliss-reactive ketones (excluding diaryl/α,β-unsaturated/α-hetero) is 1. The van der Waals surface area contributed by atoms with E-state index in [4.69, 9.17) is 4.74 Å². The molecule has 1 aromatic rings. The van der Waals surface area contributed by atoms with Crippen LogP contribution in [0.2, 0.25) is 0 Å². The summed E-state index contributed by atoms with van der Waals surface area (Å²) in [6.07, 6.45) is 0. The van der Waals surface area contributed by atoms with Crippen LogP contribution in [0.5, 0.6) is 5.75 Å². The standard InChI is InChI=1S/C9H10O2S.Na.H/c1-6(10)7-3-4-9(12)8(5-7)11-2;;/h3-5,12H,1-2H3;;. The van der Waals surface area contributed by atoms with E-state index in [1.165, 1.54) is 6.92 Å². The second kappa shape index (κ2) is 5.70. The minimum absolute atomic E-state index is 0. The molecule has 0 heterocycles. The van der Waals surface area contributed by atoms with E-state index in [0.29, 0.717) is 11.3 Å². The van der Waals surface area contributed by atoms with Crippen LogP contribution in [0.25, 0.3) is 0 Å². The van der Waals surface area contributed by atoms with Crippen LogP contribution in [-0.2, 0) is 0 Å². The first kappa shape index (κ1) is 13.0. The number of carbonyl (C=O) groups excluding carboxylic acids is 1. The maximum absolute atomic E-state index is 10.9. The zero-order valence-corrected chi connectivity index (χ0v) is 7.89. The van der Waals surface area contributed by atoms with Crippen LogP contribution in [0, 0.1) is 0 Å². The van der Waals surface area contributed by atoms with Crippen molar-refractivity contribution in [3.63, 3.8) is 0 Å². The van der Waals surface area contributed by atoms with Crippen LogP contribution in [0.1, 0.15) is 17.3 Å². The van der Waals surface area contributed by atoms with Gasteiger partial charge in [0.15, 0.2) is 5.78 Å². The summed E-state index contributed by atoms with van der Waals surface area (Å²) in [7, 11) is 1.55. The Morgan fingerprint density at radius 1 is 1.46 bits per heavy atom. The average molecular weight is 206 g/mol. The molecule has 0 aromatic heterocycles. The van der Waals surface area contributed by atoms with E-state index >= 15 is 0 Å². The van der Waals surface area contributed by atoms with Gasteiger partial charge in [-0.05, 0) is 19.1 Å². The predicted octanol–water partition coefficient (Wildman–Crippen LogP) is 1.54. The van der Waals surface area contributed by atoms with Crippen molar-refractivity contribution in [2.24, 2.45) is 0 Å². The number of thiol groups is 1. The van der Waals surface area contributed by atoms with Gasteiger partial charge in [-0.2, -0.15) is 0 Å². The molecule has 0 aliphatic heterocycles. The Balaban J connectivity index is 0.00000144. The van der Waals surface area contributed by atoms with Crippen LogP contribution in [0.4, 0.5) is 0 Å². The second-order valence-corrected chi connectivity index (χ2v) is 2.92. The summed E-state index contributed by atoms with van der Waals surface area (Å²) in [5.41, 5.74) is 0.643. The predicted molar refractivity (Wildman–Crippen MR) is 57.4 cm³/mol. The number of benzene rings is 1. The quantitative estimate of drug-likeness (QED) is 0.451. The second-order valence-electron chi connectivity index (χ2n) is 2.44. The van der Waals surface area contributed by atoms with Gasteiger partial charge in [-0.3, -0.25) is 4.79 Å². The van der Waals surface area contributed by atoms with E-state index in [1.807, 2.05) is 0 Å². The summed E-state index contributed by atoms with van der Waals surface area (Å²) in [4.78, 5) is 11.7. The number of carbonyl (C=O) groups is 1. The van der Waals surface area contributed by atoms with Gasteiger partial charge in [0.05, 0.1) is 7.11 Å². The topological polar surface area (TPSA) is 26.3 Å². The molecule has 2 nitrogen and oxygen atoms in total. The molecule has 0 bridgehead atoms. The molecule has 66 valence electrons. The first-order valence-corrected chi connectivity index (χ1v) is 3.98. The number of rotatable bonds is 2. The van der Waals surface area contributed by atoms with E-state index in [-0.39, 0.29) is 35.3 Å². The summed E-state index contributed by atoms with van der Waals surface area (Å²) in [6, 6.07) is 5.16. The van der Waals surface area contributed by atoms with Crippen LogP contribution in [0.3, 0.4) is 0 Å². The van der Waals surface area contributed by atoms with Crippen molar-refractivity contribution in [3.8, 4) is 5.75 Å². The van der Waals surface area contributed by atoms with Crippen molar-refractivity contribution in [3.05, 3.63) is 23.8 Å². The molecule has 0 radical (unpaired) electrons. The van der Waals surface area contributed by atoms with Gasteiger partial charge in [0.25, 0.3) is 0 Å². The molecule has 0 aliphatic carbocycles. The fourth-order valence-electron chi connectivity index (χ4n) is 0.897. The molecule has 0 amide bonds. The van der Waals surface area contributed by atoms with Gasteiger partial charge in [0.1, 0.15) is 5.75 Å². The third-order valence-corrected chi connectivity index (χ3v) is 1.96. The van der Waals surface area contributed by atoms with E-state index < -0.39 is 0 Å². The Morgan fingerprint density at radius 2 is 2.08 bits per heavy atom.